The Bertz CT molecular complexity index is 481. The summed E-state index contributed by atoms with van der Waals surface area (Å²) in [4.78, 5) is 0. The van der Waals surface area contributed by atoms with Crippen molar-refractivity contribution in [1.82, 2.24) is 0 Å². The van der Waals surface area contributed by atoms with Gasteiger partial charge in [-0.3, -0.25) is 0 Å². The van der Waals surface area contributed by atoms with Crippen LogP contribution < -0.4 is 29.2 Å². The van der Waals surface area contributed by atoms with Crippen LogP contribution in [0.2, 0.25) is 5.04 Å². The van der Waals surface area contributed by atoms with E-state index in [4.69, 9.17) is 0 Å². The Hall–Kier alpha value is -0.656. The fourth-order valence-corrected chi connectivity index (χ4v) is 5.36. The molecule has 0 aromatic heterocycles. The average Bonchev–Trinajstić information content (AvgIpc) is 2.48. The van der Waals surface area contributed by atoms with Crippen LogP contribution in [0.1, 0.15) is 27.2 Å². The van der Waals surface area contributed by atoms with E-state index in [1.54, 1.807) is 5.37 Å². The summed E-state index contributed by atoms with van der Waals surface area (Å²) in [5.74, 6) is 0. The zero-order valence-corrected chi connectivity index (χ0v) is 16.0. The maximum Gasteiger partial charge on any atom is 1.00 e. The van der Waals surface area contributed by atoms with E-state index in [-0.39, 0.29) is 18.9 Å². The van der Waals surface area contributed by atoms with Crippen molar-refractivity contribution in [2.75, 3.05) is 0 Å². The van der Waals surface area contributed by atoms with Gasteiger partial charge in [-0.1, -0.05) is 109 Å². The van der Waals surface area contributed by atoms with Crippen LogP contribution in [-0.2, 0) is 0 Å². The molecular formula is C19H24LiSSi. The van der Waals surface area contributed by atoms with Crippen LogP contribution in [0, 0.1) is 6.92 Å². The van der Waals surface area contributed by atoms with E-state index in [0.29, 0.717) is 5.04 Å². The number of hydrogen-bond acceptors (Lipinski definition) is 1. The van der Waals surface area contributed by atoms with Crippen molar-refractivity contribution in [3.63, 3.8) is 0 Å². The van der Waals surface area contributed by atoms with E-state index in [2.05, 4.69) is 101 Å². The number of thiocarbonyl (C=S) groups is 1. The van der Waals surface area contributed by atoms with E-state index >= 15 is 0 Å². The third-order valence-corrected chi connectivity index (χ3v) is 6.55. The van der Waals surface area contributed by atoms with Crippen molar-refractivity contribution in [1.29, 1.82) is 0 Å². The molecule has 22 heavy (non-hydrogen) atoms. The zero-order valence-electron chi connectivity index (χ0n) is 14.2. The first-order chi connectivity index (χ1) is 10.0. The van der Waals surface area contributed by atoms with Crippen LogP contribution in [-0.4, -0.2) is 14.2 Å². The Balaban J connectivity index is 0.000000791. The first kappa shape index (κ1) is 21.3. The summed E-state index contributed by atoms with van der Waals surface area (Å²) in [6.07, 6.45) is 0.759. The van der Waals surface area contributed by atoms with Gasteiger partial charge in [-0.25, -0.2) is 0 Å². The van der Waals surface area contributed by atoms with E-state index in [0.717, 1.165) is 6.42 Å². The molecule has 2 aromatic carbocycles. The maximum atomic E-state index is 4.37. The minimum atomic E-state index is -0.715. The molecule has 0 bridgehead atoms. The van der Waals surface area contributed by atoms with Crippen molar-refractivity contribution in [2.45, 2.75) is 32.2 Å². The molecule has 0 aliphatic carbocycles. The summed E-state index contributed by atoms with van der Waals surface area (Å²) in [6.45, 7) is 10.5. The maximum absolute atomic E-state index is 4.37. The number of benzene rings is 2. The summed E-state index contributed by atoms with van der Waals surface area (Å²) in [7, 11) is -0.715. The Morgan fingerprint density at radius 2 is 1.23 bits per heavy atom. The molecule has 0 aliphatic heterocycles. The van der Waals surface area contributed by atoms with Gasteiger partial charge in [-0.2, -0.15) is 6.42 Å². The summed E-state index contributed by atoms with van der Waals surface area (Å²) < 4.78 is 0. The minimum absolute atomic E-state index is 0. The van der Waals surface area contributed by atoms with Crippen LogP contribution in [0.25, 0.3) is 0 Å². The van der Waals surface area contributed by atoms with Crippen molar-refractivity contribution >= 4 is 36.8 Å². The average molecular weight is 319 g/mol. The van der Waals surface area contributed by atoms with E-state index < -0.39 is 8.80 Å². The summed E-state index contributed by atoms with van der Waals surface area (Å²) >= 11 is 4.37. The van der Waals surface area contributed by atoms with Gasteiger partial charge in [0, 0.05) is 0 Å². The molecule has 0 spiro atoms. The second-order valence-corrected chi connectivity index (χ2v) is 9.55. The zero-order chi connectivity index (χ0) is 15.7. The molecule has 0 amide bonds. The predicted octanol–water partition coefficient (Wildman–Crippen LogP) is 1.31. The van der Waals surface area contributed by atoms with Crippen LogP contribution in [0.3, 0.4) is 0 Å². The molecule has 2 rings (SSSR count). The molecular weight excluding hydrogens is 295 g/mol. The SMILES string of the molecule is CC(C)(C)[Si](c1ccccc1)c1ccccc1.[CH2-]CC=S.[Li+]. The summed E-state index contributed by atoms with van der Waals surface area (Å²) in [6, 6.07) is 21.9. The monoisotopic (exact) mass is 319 g/mol. The van der Waals surface area contributed by atoms with E-state index in [1.165, 1.54) is 10.4 Å². The van der Waals surface area contributed by atoms with Gasteiger partial charge in [0.25, 0.3) is 0 Å². The Morgan fingerprint density at radius 1 is 0.909 bits per heavy atom. The van der Waals surface area contributed by atoms with Gasteiger partial charge in [0.15, 0.2) is 0 Å². The van der Waals surface area contributed by atoms with Crippen molar-refractivity contribution in [2.24, 2.45) is 0 Å². The molecule has 0 nitrogen and oxygen atoms in total. The Kier molecular flexibility index (Phi) is 10.6. The minimum Gasteiger partial charge on any atom is -0.339 e. The fraction of sp³-hybridized carbons (Fsp3) is 0.263. The smallest absolute Gasteiger partial charge is 0.339 e. The molecule has 0 saturated carbocycles. The Morgan fingerprint density at radius 3 is 1.45 bits per heavy atom. The van der Waals surface area contributed by atoms with Crippen molar-refractivity contribution < 1.29 is 18.9 Å². The summed E-state index contributed by atoms with van der Waals surface area (Å²) in [5.41, 5.74) is 0. The van der Waals surface area contributed by atoms with Gasteiger partial charge in [-0.05, 0) is 5.04 Å². The first-order valence-electron chi connectivity index (χ1n) is 7.22. The molecule has 0 saturated heterocycles. The molecule has 0 N–H and O–H groups in total. The second-order valence-electron chi connectivity index (χ2n) is 5.81. The molecule has 1 radical (unpaired) electrons. The van der Waals surface area contributed by atoms with E-state index in [1.807, 2.05) is 0 Å². The van der Waals surface area contributed by atoms with Crippen LogP contribution in [0.5, 0.6) is 0 Å². The normalized spacial score (nSPS) is 10.2. The van der Waals surface area contributed by atoms with Crippen LogP contribution in [0.15, 0.2) is 60.7 Å². The Labute approximate surface area is 155 Å². The molecule has 0 unspecified atom stereocenters. The molecule has 0 heterocycles. The summed E-state index contributed by atoms with van der Waals surface area (Å²) in [5, 5.41) is 4.92. The third-order valence-electron chi connectivity index (χ3n) is 2.99. The topological polar surface area (TPSA) is 0 Å². The van der Waals surface area contributed by atoms with Crippen LogP contribution in [0.4, 0.5) is 0 Å². The molecule has 0 fully saturated rings. The molecule has 0 atom stereocenters. The molecule has 3 heteroatoms. The molecule has 111 valence electrons. The van der Waals surface area contributed by atoms with Gasteiger partial charge in [0.05, 0.1) is 0 Å². The number of rotatable bonds is 3. The van der Waals surface area contributed by atoms with Gasteiger partial charge in [0.2, 0.25) is 0 Å². The third kappa shape index (κ3) is 7.07. The quantitative estimate of drug-likeness (QED) is 0.467. The van der Waals surface area contributed by atoms with Crippen molar-refractivity contribution in [3.05, 3.63) is 67.6 Å². The van der Waals surface area contributed by atoms with E-state index in [9.17, 15) is 0 Å². The van der Waals surface area contributed by atoms with Crippen LogP contribution >= 0.6 is 12.2 Å². The van der Waals surface area contributed by atoms with Gasteiger partial charge >= 0.3 is 18.9 Å². The number of hydrogen-bond donors (Lipinski definition) is 0. The molecule has 2 aromatic rings. The largest absolute Gasteiger partial charge is 1.00 e. The van der Waals surface area contributed by atoms with Gasteiger partial charge in [-0.15, -0.1) is 0 Å². The van der Waals surface area contributed by atoms with Crippen molar-refractivity contribution in [3.8, 4) is 0 Å². The predicted molar refractivity (Wildman–Crippen MR) is 101 cm³/mol. The first-order valence-corrected chi connectivity index (χ1v) is 9.19. The second kappa shape index (κ2) is 11.0. The molecule has 0 aliphatic rings. The standard InChI is InChI=1S/C16H19Si.C3H5S.Li/c1-16(2,3)17(14-10-6-4-7-11-14)15-12-8-5-9-13-15;1-2-3-4;/h4-13H,1-3H3;3H,1-2H2;/q;-1;+1. The van der Waals surface area contributed by atoms with Gasteiger partial charge < -0.3 is 6.92 Å². The fourth-order valence-electron chi connectivity index (χ4n) is 2.24. The van der Waals surface area contributed by atoms with Gasteiger partial charge in [0.1, 0.15) is 8.80 Å².